The van der Waals surface area contributed by atoms with Crippen molar-refractivity contribution in [2.75, 3.05) is 74.9 Å². The number of hydrogen-bond donors (Lipinski definition) is 3. The summed E-state index contributed by atoms with van der Waals surface area (Å²) in [4.78, 5) is 32.9. The third-order valence-corrected chi connectivity index (χ3v) is 13.0. The predicted molar refractivity (Wildman–Crippen MR) is 212 cm³/mol. The van der Waals surface area contributed by atoms with Crippen molar-refractivity contribution in [3.05, 3.63) is 64.2 Å². The van der Waals surface area contributed by atoms with Crippen molar-refractivity contribution >= 4 is 58.3 Å². The Balaban J connectivity index is 0.955. The molecule has 16 heteroatoms. The molecule has 0 radical (unpaired) electrons. The van der Waals surface area contributed by atoms with Crippen LogP contribution in [-0.4, -0.2) is 103 Å². The van der Waals surface area contributed by atoms with Crippen LogP contribution in [0.25, 0.3) is 0 Å². The lowest BCUT2D eigenvalue weighted by molar-refractivity contribution is -0.134. The van der Waals surface area contributed by atoms with Gasteiger partial charge in [-0.3, -0.25) is 15.1 Å². The van der Waals surface area contributed by atoms with Crippen molar-refractivity contribution < 1.29 is 22.8 Å². The van der Waals surface area contributed by atoms with Gasteiger partial charge in [0.05, 0.1) is 17.4 Å². The van der Waals surface area contributed by atoms with Gasteiger partial charge in [0.15, 0.2) is 5.13 Å². The molecule has 3 saturated heterocycles. The molecule has 3 aliphatic heterocycles. The van der Waals surface area contributed by atoms with Crippen LogP contribution >= 0.6 is 23.3 Å². The minimum Gasteiger partial charge on any atom is -0.388 e. The third kappa shape index (κ3) is 10.4. The van der Waals surface area contributed by atoms with E-state index in [1.807, 2.05) is 25.2 Å². The van der Waals surface area contributed by atoms with Crippen LogP contribution in [0.4, 0.5) is 29.7 Å². The first-order valence-electron chi connectivity index (χ1n) is 18.9. The van der Waals surface area contributed by atoms with E-state index in [0.29, 0.717) is 45.8 Å². The second-order valence-corrected chi connectivity index (χ2v) is 16.6. The molecule has 1 amide bonds. The molecule has 6 rings (SSSR count). The van der Waals surface area contributed by atoms with Gasteiger partial charge in [-0.25, -0.2) is 9.29 Å². The number of aromatic nitrogens is 1. The Morgan fingerprint density at radius 3 is 2.44 bits per heavy atom. The van der Waals surface area contributed by atoms with Crippen LogP contribution in [0.3, 0.4) is 0 Å². The van der Waals surface area contributed by atoms with Crippen molar-refractivity contribution in [1.29, 1.82) is 10.7 Å². The van der Waals surface area contributed by atoms with Crippen molar-refractivity contribution in [2.45, 2.75) is 68.0 Å². The molecule has 55 heavy (non-hydrogen) atoms. The van der Waals surface area contributed by atoms with Gasteiger partial charge in [0.25, 0.3) is 0 Å². The zero-order chi connectivity index (χ0) is 39.0. The lowest BCUT2D eigenvalue weighted by Crippen LogP contribution is -2.41. The number of nitrogens with zero attached hydrogens (tertiary/aromatic N) is 6. The summed E-state index contributed by atoms with van der Waals surface area (Å²) in [6, 6.07) is 14.6. The van der Waals surface area contributed by atoms with Gasteiger partial charge in [0.2, 0.25) is 6.41 Å². The molecule has 3 aliphatic rings. The lowest BCUT2D eigenvalue weighted by atomic mass is 9.87. The molecule has 3 aromatic rings. The van der Waals surface area contributed by atoms with Gasteiger partial charge in [0, 0.05) is 74.9 Å². The average Bonchev–Trinajstić information content (AvgIpc) is 3.69. The van der Waals surface area contributed by atoms with E-state index in [1.54, 1.807) is 11.9 Å². The summed E-state index contributed by atoms with van der Waals surface area (Å²) in [5, 5.41) is 25.2. The number of thiazole rings is 1. The van der Waals surface area contributed by atoms with Gasteiger partial charge in [-0.15, -0.1) is 0 Å². The minimum absolute atomic E-state index is 0.0730. The van der Waals surface area contributed by atoms with Gasteiger partial charge < -0.3 is 25.2 Å². The largest absolute Gasteiger partial charge is 0.427 e. The molecule has 0 spiro atoms. The van der Waals surface area contributed by atoms with Crippen LogP contribution in [0.5, 0.6) is 0 Å². The molecule has 4 heterocycles. The van der Waals surface area contributed by atoms with E-state index in [2.05, 4.69) is 54.0 Å². The lowest BCUT2D eigenvalue weighted by Gasteiger charge is -2.39. The monoisotopic (exact) mass is 795 g/mol. The van der Waals surface area contributed by atoms with Crippen LogP contribution < -0.4 is 15.5 Å². The van der Waals surface area contributed by atoms with Crippen LogP contribution in [0.2, 0.25) is 0 Å². The molecule has 0 unspecified atom stereocenters. The molecule has 0 aliphatic carbocycles. The van der Waals surface area contributed by atoms with Crippen molar-refractivity contribution in [3.8, 4) is 6.07 Å². The van der Waals surface area contributed by atoms with Gasteiger partial charge in [-0.2, -0.15) is 18.4 Å². The van der Waals surface area contributed by atoms with E-state index in [0.717, 1.165) is 113 Å². The standard InChI is InChI=1S/C39H48F3N9O2S2/c1-45-34-21-29(4-6-33(34)37(44)50(26-53)13-2-20-52)28-9-14-48(15-10-28)25-27-7-16-49(17-8-27)35-22-32(5-3-30(35)23-43)55-51-18-11-31(12-19-51)47-38-46-24-36(54-38)39(40,41)42/h3-6,20-22,24,26-28,31,44-45H,2,7-19,25H2,1H3,(H,46,47). The molecular weight excluding hydrogens is 748 g/mol. The third-order valence-electron chi connectivity index (χ3n) is 10.9. The topological polar surface area (TPSA) is 132 Å². The fourth-order valence-corrected chi connectivity index (χ4v) is 9.52. The van der Waals surface area contributed by atoms with Crippen LogP contribution in [0.15, 0.2) is 47.5 Å². The number of piperidine rings is 3. The second-order valence-electron chi connectivity index (χ2n) is 14.4. The summed E-state index contributed by atoms with van der Waals surface area (Å²) < 4.78 is 41.2. The molecule has 1 aromatic heterocycles. The maximum atomic E-state index is 13.0. The molecule has 11 nitrogen and oxygen atoms in total. The Hall–Kier alpha value is -4.17. The highest BCUT2D eigenvalue weighted by Crippen LogP contribution is 2.37. The Morgan fingerprint density at radius 1 is 1.05 bits per heavy atom. The molecule has 2 aromatic carbocycles. The van der Waals surface area contributed by atoms with Crippen LogP contribution in [0, 0.1) is 22.7 Å². The number of benzene rings is 2. The number of carbonyl (C=O) groups is 2. The van der Waals surface area contributed by atoms with Crippen molar-refractivity contribution in [1.82, 2.24) is 19.1 Å². The fraction of sp³-hybridized carbons (Fsp3) is 0.513. The zero-order valence-electron chi connectivity index (χ0n) is 31.0. The van der Waals surface area contributed by atoms with Gasteiger partial charge in [-0.05, 0) is 111 Å². The number of nitriles is 1. The molecule has 3 fully saturated rings. The first kappa shape index (κ1) is 40.5. The van der Waals surface area contributed by atoms with E-state index < -0.39 is 11.1 Å². The van der Waals surface area contributed by atoms with Gasteiger partial charge in [-0.1, -0.05) is 17.4 Å². The number of anilines is 3. The van der Waals surface area contributed by atoms with E-state index in [9.17, 15) is 28.0 Å². The number of halogens is 3. The zero-order valence-corrected chi connectivity index (χ0v) is 32.6. The highest BCUT2D eigenvalue weighted by Gasteiger charge is 2.34. The van der Waals surface area contributed by atoms with E-state index in [4.69, 9.17) is 5.41 Å². The quantitative estimate of drug-likeness (QED) is 0.0671. The van der Waals surface area contributed by atoms with Crippen LogP contribution in [-0.2, 0) is 15.8 Å². The van der Waals surface area contributed by atoms with Crippen molar-refractivity contribution in [3.63, 3.8) is 0 Å². The highest BCUT2D eigenvalue weighted by atomic mass is 32.2. The van der Waals surface area contributed by atoms with E-state index in [1.165, 1.54) is 10.5 Å². The molecule has 294 valence electrons. The predicted octanol–water partition coefficient (Wildman–Crippen LogP) is 7.13. The molecule has 0 atom stereocenters. The summed E-state index contributed by atoms with van der Waals surface area (Å²) in [6.07, 6.45) is 3.88. The number of carbonyl (C=O) groups excluding carboxylic acids is 2. The van der Waals surface area contributed by atoms with Crippen LogP contribution in [0.1, 0.15) is 72.4 Å². The Morgan fingerprint density at radius 2 is 1.80 bits per heavy atom. The maximum Gasteiger partial charge on any atom is 0.427 e. The minimum atomic E-state index is -4.38. The summed E-state index contributed by atoms with van der Waals surface area (Å²) >= 11 is 2.32. The smallest absolute Gasteiger partial charge is 0.388 e. The molecule has 0 saturated carbocycles. The van der Waals surface area contributed by atoms with E-state index in [-0.39, 0.29) is 24.8 Å². The summed E-state index contributed by atoms with van der Waals surface area (Å²) in [6.45, 7) is 6.68. The number of nitrogens with one attached hydrogen (secondary N) is 3. The SMILES string of the molecule is CNc1cc(C2CCN(CC3CCN(c4cc(SN5CCC(Nc6ncc(C(F)(F)F)s6)CC5)ccc4C#N)CC3)CC2)ccc1C(=N)N(C=O)CCC=O. The average molecular weight is 796 g/mol. The number of alkyl halides is 3. The van der Waals surface area contributed by atoms with Crippen molar-refractivity contribution in [2.24, 2.45) is 5.92 Å². The van der Waals surface area contributed by atoms with E-state index >= 15 is 0 Å². The Bertz CT molecular complexity index is 1830. The molecular formula is C39H48F3N9O2S2. The molecule has 3 N–H and O–H groups in total. The number of rotatable bonds is 14. The summed E-state index contributed by atoms with van der Waals surface area (Å²) in [5.41, 5.74) is 4.33. The normalized spacial score (nSPS) is 18.1. The number of aldehydes is 1. The Labute approximate surface area is 328 Å². The highest BCUT2D eigenvalue weighted by molar-refractivity contribution is 7.97. The summed E-state index contributed by atoms with van der Waals surface area (Å²) in [7, 11) is 1.82. The number of hydrogen-bond acceptors (Lipinski definition) is 12. The van der Waals surface area contributed by atoms with Gasteiger partial charge in [0.1, 0.15) is 23.1 Å². The van der Waals surface area contributed by atoms with Gasteiger partial charge >= 0.3 is 6.18 Å². The molecule has 0 bridgehead atoms. The summed E-state index contributed by atoms with van der Waals surface area (Å²) in [5.74, 6) is 1.09. The first-order valence-corrected chi connectivity index (χ1v) is 20.5. The second kappa shape index (κ2) is 18.6. The fourth-order valence-electron chi connectivity index (χ4n) is 7.77. The number of amidine groups is 1. The maximum absolute atomic E-state index is 13.0. The number of amides is 1. The first-order chi connectivity index (χ1) is 26.6. The Kier molecular flexibility index (Phi) is 13.7. The number of likely N-dealkylation sites (tertiary alicyclic amines) is 1.